The first-order valence-corrected chi connectivity index (χ1v) is 9.21. The fourth-order valence-corrected chi connectivity index (χ4v) is 3.44. The molecule has 3 rings (SSSR count). The predicted octanol–water partition coefficient (Wildman–Crippen LogP) is 3.50. The number of amides is 2. The summed E-state index contributed by atoms with van der Waals surface area (Å²) in [4.78, 5) is 37.7. The summed E-state index contributed by atoms with van der Waals surface area (Å²) in [6.07, 6.45) is -0.0401. The molecule has 0 saturated carbocycles. The molecular weight excluding hydrogens is 407 g/mol. The van der Waals surface area contributed by atoms with Gasteiger partial charge in [0.15, 0.2) is 10.9 Å². The van der Waals surface area contributed by atoms with Crippen LogP contribution < -0.4 is 10.6 Å². The zero-order valence-electron chi connectivity index (χ0n) is 13.9. The van der Waals surface area contributed by atoms with Crippen molar-refractivity contribution in [1.82, 2.24) is 10.6 Å². The Hall–Kier alpha value is -2.28. The number of hydrogen-bond acceptors (Lipinski definition) is 4. The van der Waals surface area contributed by atoms with E-state index in [0.29, 0.717) is 21.2 Å². The Balaban J connectivity index is 1.94. The van der Waals surface area contributed by atoms with Gasteiger partial charge in [-0.15, -0.1) is 0 Å². The zero-order valence-corrected chi connectivity index (χ0v) is 16.2. The lowest BCUT2D eigenvalue weighted by atomic mass is 9.80. The number of Topliss-reactive ketones (excluding diaryl/α,β-unsaturated/α-hetero) is 1. The summed E-state index contributed by atoms with van der Waals surface area (Å²) < 4.78 is 0. The first kappa shape index (κ1) is 19.5. The van der Waals surface area contributed by atoms with Gasteiger partial charge in [0.2, 0.25) is 11.8 Å². The molecule has 0 unspecified atom stereocenters. The van der Waals surface area contributed by atoms with Crippen LogP contribution in [0.3, 0.4) is 0 Å². The average molecular weight is 421 g/mol. The second kappa shape index (κ2) is 8.17. The van der Waals surface area contributed by atoms with Crippen LogP contribution in [0.25, 0.3) is 0 Å². The molecule has 0 radical (unpaired) electrons. The lowest BCUT2D eigenvalue weighted by molar-refractivity contribution is -0.136. The molecule has 2 aromatic carbocycles. The van der Waals surface area contributed by atoms with E-state index in [-0.39, 0.29) is 17.3 Å². The Morgan fingerprint density at radius 2 is 1.41 bits per heavy atom. The van der Waals surface area contributed by atoms with E-state index < -0.39 is 23.7 Å². The van der Waals surface area contributed by atoms with Gasteiger partial charge in [0.05, 0.1) is 0 Å². The maximum Gasteiger partial charge on any atom is 0.239 e. The van der Waals surface area contributed by atoms with Crippen LogP contribution in [0, 0.1) is 5.92 Å². The van der Waals surface area contributed by atoms with Crippen LogP contribution in [-0.2, 0) is 9.59 Å². The minimum Gasteiger partial charge on any atom is -0.302 e. The summed E-state index contributed by atoms with van der Waals surface area (Å²) in [6, 6.07) is 13.2. The quantitative estimate of drug-likeness (QED) is 0.440. The SMILES string of the molecule is O=C(C[C@H](c1ccc(Cl)cc1)C1C(=O)NC(=S)NC1=O)c1ccc(Cl)cc1. The summed E-state index contributed by atoms with van der Waals surface area (Å²) in [5, 5.41) is 5.88. The molecule has 1 aliphatic heterocycles. The lowest BCUT2D eigenvalue weighted by Gasteiger charge is -2.29. The molecule has 1 fully saturated rings. The van der Waals surface area contributed by atoms with Gasteiger partial charge in [-0.1, -0.05) is 35.3 Å². The molecule has 1 heterocycles. The zero-order chi connectivity index (χ0) is 19.6. The molecule has 5 nitrogen and oxygen atoms in total. The van der Waals surface area contributed by atoms with Crippen LogP contribution in [0.5, 0.6) is 0 Å². The van der Waals surface area contributed by atoms with E-state index in [1.165, 1.54) is 0 Å². The molecule has 2 N–H and O–H groups in total. The normalized spacial score (nSPS) is 15.9. The smallest absolute Gasteiger partial charge is 0.239 e. The largest absolute Gasteiger partial charge is 0.302 e. The van der Waals surface area contributed by atoms with Crippen molar-refractivity contribution in [2.24, 2.45) is 5.92 Å². The number of benzene rings is 2. The number of carbonyl (C=O) groups is 3. The van der Waals surface area contributed by atoms with Crippen molar-refractivity contribution < 1.29 is 14.4 Å². The van der Waals surface area contributed by atoms with Gasteiger partial charge < -0.3 is 10.6 Å². The van der Waals surface area contributed by atoms with Crippen LogP contribution >= 0.6 is 35.4 Å². The summed E-state index contributed by atoms with van der Waals surface area (Å²) in [7, 11) is 0. The van der Waals surface area contributed by atoms with Gasteiger partial charge in [-0.05, 0) is 54.2 Å². The number of thiocarbonyl (C=S) groups is 1. The molecule has 0 aromatic heterocycles. The summed E-state index contributed by atoms with van der Waals surface area (Å²) in [5.41, 5.74) is 1.11. The molecule has 0 bridgehead atoms. The standard InChI is InChI=1S/C19H14Cl2N2O3S/c20-12-5-1-10(2-6-12)14(16-17(25)22-19(27)23-18(16)26)9-15(24)11-3-7-13(21)8-4-11/h1-8,14,16H,9H2,(H2,22,23,25,26,27)/t14-/m1/s1. The van der Waals surface area contributed by atoms with Gasteiger partial charge in [0, 0.05) is 27.9 Å². The monoisotopic (exact) mass is 420 g/mol. The third kappa shape index (κ3) is 4.53. The van der Waals surface area contributed by atoms with E-state index in [9.17, 15) is 14.4 Å². The minimum absolute atomic E-state index is 0.0401. The van der Waals surface area contributed by atoms with Crippen LogP contribution in [-0.4, -0.2) is 22.7 Å². The van der Waals surface area contributed by atoms with E-state index in [1.54, 1.807) is 48.5 Å². The molecular formula is C19H14Cl2N2O3S. The second-order valence-corrected chi connectivity index (χ2v) is 7.36. The van der Waals surface area contributed by atoms with E-state index in [0.717, 1.165) is 0 Å². The highest BCUT2D eigenvalue weighted by molar-refractivity contribution is 7.80. The lowest BCUT2D eigenvalue weighted by Crippen LogP contribution is -2.57. The molecule has 2 aromatic rings. The van der Waals surface area contributed by atoms with Crippen LogP contribution in [0.4, 0.5) is 0 Å². The number of carbonyl (C=O) groups excluding carboxylic acids is 3. The van der Waals surface area contributed by atoms with Crippen molar-refractivity contribution in [3.63, 3.8) is 0 Å². The summed E-state index contributed by atoms with van der Waals surface area (Å²) in [6.45, 7) is 0. The second-order valence-electron chi connectivity index (χ2n) is 6.08. The van der Waals surface area contributed by atoms with Crippen molar-refractivity contribution >= 4 is 58.1 Å². The molecule has 1 aliphatic rings. The van der Waals surface area contributed by atoms with Crippen LogP contribution in [0.1, 0.15) is 28.3 Å². The first-order valence-electron chi connectivity index (χ1n) is 8.05. The van der Waals surface area contributed by atoms with Crippen LogP contribution in [0.2, 0.25) is 10.0 Å². The average Bonchev–Trinajstić information content (AvgIpc) is 2.61. The molecule has 8 heteroatoms. The number of rotatable bonds is 5. The molecule has 0 aliphatic carbocycles. The Morgan fingerprint density at radius 3 is 1.93 bits per heavy atom. The van der Waals surface area contributed by atoms with Gasteiger partial charge in [-0.3, -0.25) is 14.4 Å². The number of halogens is 2. The topological polar surface area (TPSA) is 75.3 Å². The minimum atomic E-state index is -1.09. The fraction of sp³-hybridized carbons (Fsp3) is 0.158. The highest BCUT2D eigenvalue weighted by Gasteiger charge is 2.40. The Labute approximate surface area is 171 Å². The molecule has 138 valence electrons. The van der Waals surface area contributed by atoms with Crippen molar-refractivity contribution in [2.75, 3.05) is 0 Å². The third-order valence-corrected chi connectivity index (χ3v) is 5.02. The number of nitrogens with one attached hydrogen (secondary N) is 2. The van der Waals surface area contributed by atoms with E-state index in [1.807, 2.05) is 0 Å². The van der Waals surface area contributed by atoms with Gasteiger partial charge >= 0.3 is 0 Å². The number of hydrogen-bond donors (Lipinski definition) is 2. The van der Waals surface area contributed by atoms with Crippen LogP contribution in [0.15, 0.2) is 48.5 Å². The third-order valence-electron chi connectivity index (χ3n) is 4.31. The number of ketones is 1. The highest BCUT2D eigenvalue weighted by atomic mass is 35.5. The van der Waals surface area contributed by atoms with Gasteiger partial charge in [-0.25, -0.2) is 0 Å². The van der Waals surface area contributed by atoms with Gasteiger partial charge in [0.1, 0.15) is 5.92 Å². The van der Waals surface area contributed by atoms with Crippen molar-refractivity contribution in [1.29, 1.82) is 0 Å². The van der Waals surface area contributed by atoms with Gasteiger partial charge in [-0.2, -0.15) is 0 Å². The molecule has 27 heavy (non-hydrogen) atoms. The molecule has 0 spiro atoms. The predicted molar refractivity (Wildman–Crippen MR) is 107 cm³/mol. The molecule has 1 atom stereocenters. The Bertz CT molecular complexity index is 894. The Morgan fingerprint density at radius 1 is 0.926 bits per heavy atom. The fourth-order valence-electron chi connectivity index (χ4n) is 2.99. The molecule has 1 saturated heterocycles. The van der Waals surface area contributed by atoms with E-state index in [2.05, 4.69) is 10.6 Å². The molecule has 2 amide bonds. The van der Waals surface area contributed by atoms with E-state index in [4.69, 9.17) is 35.4 Å². The first-order chi connectivity index (χ1) is 12.8. The maximum absolute atomic E-state index is 12.8. The van der Waals surface area contributed by atoms with Crippen molar-refractivity contribution in [3.8, 4) is 0 Å². The van der Waals surface area contributed by atoms with Crippen molar-refractivity contribution in [3.05, 3.63) is 69.7 Å². The summed E-state index contributed by atoms with van der Waals surface area (Å²) >= 11 is 16.7. The van der Waals surface area contributed by atoms with Gasteiger partial charge in [0.25, 0.3) is 0 Å². The summed E-state index contributed by atoms with van der Waals surface area (Å²) in [5.74, 6) is -3.04. The van der Waals surface area contributed by atoms with E-state index >= 15 is 0 Å². The highest BCUT2D eigenvalue weighted by Crippen LogP contribution is 2.32. The van der Waals surface area contributed by atoms with Crippen molar-refractivity contribution in [2.45, 2.75) is 12.3 Å². The Kier molecular flexibility index (Phi) is 5.89. The maximum atomic E-state index is 12.8.